The number of hydrogen-bond donors (Lipinski definition) is 1. The zero-order chi connectivity index (χ0) is 17.6. The second kappa shape index (κ2) is 8.38. The summed E-state index contributed by atoms with van der Waals surface area (Å²) < 4.78 is 0. The number of hydrogen-bond acceptors (Lipinski definition) is 5. The van der Waals surface area contributed by atoms with E-state index in [1.54, 1.807) is 12.3 Å². The molecule has 0 bridgehead atoms. The third kappa shape index (κ3) is 4.75. The van der Waals surface area contributed by atoms with Crippen LogP contribution in [0.1, 0.15) is 42.6 Å². The predicted molar refractivity (Wildman–Crippen MR) is 93.9 cm³/mol. The first-order chi connectivity index (χ1) is 12.1. The van der Waals surface area contributed by atoms with Gasteiger partial charge in [0.2, 0.25) is 5.91 Å². The fourth-order valence-corrected chi connectivity index (χ4v) is 3.69. The van der Waals surface area contributed by atoms with Gasteiger partial charge in [0.05, 0.1) is 0 Å². The second-order valence-corrected chi connectivity index (χ2v) is 7.10. The smallest absolute Gasteiger partial charge is 0.270 e. The van der Waals surface area contributed by atoms with Gasteiger partial charge in [-0.15, -0.1) is 0 Å². The molecule has 1 aliphatic carbocycles. The highest BCUT2D eigenvalue weighted by atomic mass is 16.2. The molecule has 1 saturated carbocycles. The van der Waals surface area contributed by atoms with Gasteiger partial charge in [0.15, 0.2) is 0 Å². The first-order valence-electron chi connectivity index (χ1n) is 9.17. The summed E-state index contributed by atoms with van der Waals surface area (Å²) >= 11 is 0. The Morgan fingerprint density at radius 1 is 1.12 bits per heavy atom. The molecule has 0 atom stereocenters. The molecule has 0 spiro atoms. The minimum Gasteiger partial charge on any atom is -0.348 e. The maximum atomic E-state index is 12.8. The zero-order valence-electron chi connectivity index (χ0n) is 14.9. The Morgan fingerprint density at radius 3 is 2.64 bits per heavy atom. The summed E-state index contributed by atoms with van der Waals surface area (Å²) in [5.74, 6) is 0.249. The van der Waals surface area contributed by atoms with Gasteiger partial charge in [0.1, 0.15) is 12.0 Å². The van der Waals surface area contributed by atoms with E-state index < -0.39 is 0 Å². The fourth-order valence-electron chi connectivity index (χ4n) is 3.69. The van der Waals surface area contributed by atoms with Crippen LogP contribution in [-0.2, 0) is 4.79 Å². The number of nitrogens with one attached hydrogen (secondary N) is 1. The molecule has 2 aliphatic rings. The van der Waals surface area contributed by atoms with E-state index >= 15 is 0 Å². The van der Waals surface area contributed by atoms with Crippen molar-refractivity contribution in [3.63, 3.8) is 0 Å². The molecule has 0 aromatic carbocycles. The van der Waals surface area contributed by atoms with Crippen molar-refractivity contribution in [2.75, 3.05) is 33.2 Å². The van der Waals surface area contributed by atoms with E-state index in [-0.39, 0.29) is 17.9 Å². The molecule has 2 amide bonds. The summed E-state index contributed by atoms with van der Waals surface area (Å²) in [6, 6.07) is 1.74. The molecule has 2 heterocycles. The summed E-state index contributed by atoms with van der Waals surface area (Å²) in [4.78, 5) is 37.0. The lowest BCUT2D eigenvalue weighted by molar-refractivity contribution is -0.136. The van der Waals surface area contributed by atoms with E-state index in [0.717, 1.165) is 58.3 Å². The van der Waals surface area contributed by atoms with Crippen LogP contribution in [0.3, 0.4) is 0 Å². The van der Waals surface area contributed by atoms with E-state index in [4.69, 9.17) is 0 Å². The number of likely N-dealkylation sites (N-methyl/N-ethyl adjacent to an activating group) is 1. The molecule has 136 valence electrons. The lowest BCUT2D eigenvalue weighted by Gasteiger charge is -2.32. The van der Waals surface area contributed by atoms with Crippen molar-refractivity contribution in [3.8, 4) is 0 Å². The Labute approximate surface area is 148 Å². The number of carbonyl (C=O) groups excluding carboxylic acids is 2. The van der Waals surface area contributed by atoms with Crippen LogP contribution >= 0.6 is 0 Å². The molecule has 7 nitrogen and oxygen atoms in total. The van der Waals surface area contributed by atoms with E-state index in [1.165, 1.54) is 6.33 Å². The predicted octanol–water partition coefficient (Wildman–Crippen LogP) is 0.929. The van der Waals surface area contributed by atoms with Crippen molar-refractivity contribution in [2.24, 2.45) is 5.92 Å². The molecular weight excluding hydrogens is 318 g/mol. The van der Waals surface area contributed by atoms with Gasteiger partial charge in [0.25, 0.3) is 5.91 Å². The Kier molecular flexibility index (Phi) is 5.96. The van der Waals surface area contributed by atoms with Gasteiger partial charge in [-0.05, 0) is 51.8 Å². The molecule has 1 N–H and O–H groups in total. The first-order valence-corrected chi connectivity index (χ1v) is 9.17. The normalized spacial score (nSPS) is 25.2. The van der Waals surface area contributed by atoms with Crippen LogP contribution in [0.25, 0.3) is 0 Å². The first kappa shape index (κ1) is 17.8. The summed E-state index contributed by atoms with van der Waals surface area (Å²) in [5, 5.41) is 3.03. The topological polar surface area (TPSA) is 78.4 Å². The fraction of sp³-hybridized carbons (Fsp3) is 0.667. The highest BCUT2D eigenvalue weighted by molar-refractivity contribution is 5.92. The lowest BCUT2D eigenvalue weighted by atomic mass is 9.85. The van der Waals surface area contributed by atoms with Gasteiger partial charge in [0, 0.05) is 37.8 Å². The van der Waals surface area contributed by atoms with E-state index in [1.807, 2.05) is 4.90 Å². The molecule has 7 heteroatoms. The third-order valence-corrected chi connectivity index (χ3v) is 5.26. The van der Waals surface area contributed by atoms with E-state index in [9.17, 15) is 9.59 Å². The van der Waals surface area contributed by atoms with Gasteiger partial charge in [-0.1, -0.05) is 0 Å². The zero-order valence-corrected chi connectivity index (χ0v) is 14.9. The molecule has 1 aromatic rings. The minimum absolute atomic E-state index is 0.107. The van der Waals surface area contributed by atoms with Gasteiger partial charge in [-0.3, -0.25) is 9.59 Å². The van der Waals surface area contributed by atoms with Gasteiger partial charge < -0.3 is 15.1 Å². The number of rotatable bonds is 3. The lowest BCUT2D eigenvalue weighted by Crippen LogP contribution is -2.43. The largest absolute Gasteiger partial charge is 0.348 e. The van der Waals surface area contributed by atoms with Crippen LogP contribution in [0.5, 0.6) is 0 Å². The number of carbonyl (C=O) groups is 2. The van der Waals surface area contributed by atoms with Crippen LogP contribution < -0.4 is 5.32 Å². The van der Waals surface area contributed by atoms with Crippen molar-refractivity contribution in [3.05, 3.63) is 24.3 Å². The maximum Gasteiger partial charge on any atom is 0.270 e. The summed E-state index contributed by atoms with van der Waals surface area (Å²) in [7, 11) is 2.11. The average molecular weight is 345 g/mol. The number of nitrogens with zero attached hydrogens (tertiary/aromatic N) is 4. The van der Waals surface area contributed by atoms with Crippen molar-refractivity contribution < 1.29 is 9.59 Å². The standard InChI is InChI=1S/C18H27N5O2/c1-22-9-2-10-23(12-11-22)18(25)14-3-5-15(6-4-14)21-17(24)16-7-8-19-13-20-16/h7-8,13-15H,2-6,9-12H2,1H3,(H,21,24). The van der Waals surface area contributed by atoms with Crippen molar-refractivity contribution in [2.45, 2.75) is 38.1 Å². The van der Waals surface area contributed by atoms with E-state index in [2.05, 4.69) is 27.2 Å². The molecule has 25 heavy (non-hydrogen) atoms. The van der Waals surface area contributed by atoms with Gasteiger partial charge >= 0.3 is 0 Å². The van der Waals surface area contributed by atoms with Crippen molar-refractivity contribution >= 4 is 11.8 Å². The minimum atomic E-state index is -0.160. The Hall–Kier alpha value is -2.02. The van der Waals surface area contributed by atoms with Gasteiger partial charge in [-0.25, -0.2) is 9.97 Å². The second-order valence-electron chi connectivity index (χ2n) is 7.10. The molecule has 1 saturated heterocycles. The molecule has 3 rings (SSSR count). The van der Waals surface area contributed by atoms with Crippen LogP contribution in [-0.4, -0.2) is 70.9 Å². The molecule has 1 aromatic heterocycles. The van der Waals surface area contributed by atoms with Crippen molar-refractivity contribution in [1.82, 2.24) is 25.1 Å². The van der Waals surface area contributed by atoms with Crippen LogP contribution in [0, 0.1) is 5.92 Å². The van der Waals surface area contributed by atoms with Crippen LogP contribution in [0.15, 0.2) is 18.6 Å². The van der Waals surface area contributed by atoms with Crippen LogP contribution in [0.4, 0.5) is 0 Å². The molecular formula is C18H27N5O2. The number of amides is 2. The highest BCUT2D eigenvalue weighted by Crippen LogP contribution is 2.26. The summed E-state index contributed by atoms with van der Waals surface area (Å²) in [6.45, 7) is 3.72. The number of aromatic nitrogens is 2. The van der Waals surface area contributed by atoms with Gasteiger partial charge in [-0.2, -0.15) is 0 Å². The highest BCUT2D eigenvalue weighted by Gasteiger charge is 2.30. The summed E-state index contributed by atoms with van der Waals surface area (Å²) in [6.07, 6.45) is 7.38. The quantitative estimate of drug-likeness (QED) is 0.882. The Bertz CT molecular complexity index is 586. The monoisotopic (exact) mass is 345 g/mol. The molecule has 1 aliphatic heterocycles. The SMILES string of the molecule is CN1CCCN(C(=O)C2CCC(NC(=O)c3ccncn3)CC2)CC1. The molecule has 0 radical (unpaired) electrons. The Morgan fingerprint density at radius 2 is 1.92 bits per heavy atom. The third-order valence-electron chi connectivity index (χ3n) is 5.26. The summed E-state index contributed by atoms with van der Waals surface area (Å²) in [5.41, 5.74) is 0.391. The Balaban J connectivity index is 1.46. The maximum absolute atomic E-state index is 12.8. The average Bonchev–Trinajstić information content (AvgIpc) is 2.87. The van der Waals surface area contributed by atoms with E-state index in [0.29, 0.717) is 11.6 Å². The van der Waals surface area contributed by atoms with Crippen molar-refractivity contribution in [1.29, 1.82) is 0 Å². The molecule has 0 unspecified atom stereocenters. The molecule has 2 fully saturated rings. The van der Waals surface area contributed by atoms with Crippen LogP contribution in [0.2, 0.25) is 0 Å².